The Hall–Kier alpha value is -1.07. The van der Waals surface area contributed by atoms with Crippen LogP contribution in [0.5, 0.6) is 5.75 Å². The van der Waals surface area contributed by atoms with E-state index in [4.69, 9.17) is 4.74 Å². The normalized spacial score (nSPS) is 21.1. The first-order valence-corrected chi connectivity index (χ1v) is 8.59. The minimum absolute atomic E-state index is 0.0883. The smallest absolute Gasteiger partial charge is 0.211 e. The van der Waals surface area contributed by atoms with Crippen molar-refractivity contribution >= 4 is 10.0 Å². The number of hydrogen-bond acceptors (Lipinski definition) is 3. The first kappa shape index (κ1) is 15.3. The van der Waals surface area contributed by atoms with Crippen molar-refractivity contribution in [1.82, 2.24) is 4.72 Å². The predicted molar refractivity (Wildman–Crippen MR) is 80.6 cm³/mol. The molecule has 1 heterocycles. The third-order valence-corrected chi connectivity index (χ3v) is 5.19. The molecule has 0 bridgehead atoms. The number of benzene rings is 1. The van der Waals surface area contributed by atoms with Gasteiger partial charge in [-0.25, -0.2) is 13.1 Å². The van der Waals surface area contributed by atoms with Gasteiger partial charge in [0.2, 0.25) is 10.0 Å². The molecule has 1 unspecified atom stereocenters. The number of ether oxygens (including phenoxy) is 1. The van der Waals surface area contributed by atoms with Crippen molar-refractivity contribution in [3.05, 3.63) is 28.8 Å². The SMILES string of the molecule is CCS(=O)(=O)NC1CC(C)(C)Oc2cc(C)c(C)cc21. The molecule has 2 rings (SSSR count). The van der Waals surface area contributed by atoms with Gasteiger partial charge in [0.1, 0.15) is 11.4 Å². The number of rotatable bonds is 3. The number of aryl methyl sites for hydroxylation is 2. The second-order valence-corrected chi connectivity index (χ2v) is 8.16. The van der Waals surface area contributed by atoms with E-state index >= 15 is 0 Å². The summed E-state index contributed by atoms with van der Waals surface area (Å²) in [6, 6.07) is 3.81. The van der Waals surface area contributed by atoms with Crippen molar-refractivity contribution < 1.29 is 13.2 Å². The van der Waals surface area contributed by atoms with Crippen molar-refractivity contribution in [2.24, 2.45) is 0 Å². The summed E-state index contributed by atoms with van der Waals surface area (Å²) in [5.74, 6) is 0.874. The molecule has 1 aliphatic rings. The van der Waals surface area contributed by atoms with Crippen molar-refractivity contribution in [1.29, 1.82) is 0 Å². The fourth-order valence-corrected chi connectivity index (χ4v) is 3.33. The molecular formula is C15H23NO3S. The van der Waals surface area contributed by atoms with Gasteiger partial charge in [0.15, 0.2) is 0 Å². The van der Waals surface area contributed by atoms with Crippen LogP contribution in [0.1, 0.15) is 49.9 Å². The number of nitrogens with one attached hydrogen (secondary N) is 1. The maximum Gasteiger partial charge on any atom is 0.211 e. The van der Waals surface area contributed by atoms with E-state index in [1.807, 2.05) is 39.8 Å². The van der Waals surface area contributed by atoms with Crippen LogP contribution in [-0.2, 0) is 10.0 Å². The van der Waals surface area contributed by atoms with E-state index in [-0.39, 0.29) is 17.4 Å². The number of sulfonamides is 1. The molecule has 0 aliphatic carbocycles. The average Bonchev–Trinajstić information content (AvgIpc) is 2.30. The van der Waals surface area contributed by atoms with Crippen molar-refractivity contribution in [2.75, 3.05) is 5.75 Å². The highest BCUT2D eigenvalue weighted by atomic mass is 32.2. The Balaban J connectivity index is 2.47. The van der Waals surface area contributed by atoms with Gasteiger partial charge in [0, 0.05) is 12.0 Å². The Kier molecular flexibility index (Phi) is 3.86. The Bertz CT molecular complexity index is 620. The molecule has 1 N–H and O–H groups in total. The van der Waals surface area contributed by atoms with Gasteiger partial charge in [-0.1, -0.05) is 6.07 Å². The zero-order valence-electron chi connectivity index (χ0n) is 12.8. The summed E-state index contributed by atoms with van der Waals surface area (Å²) in [5.41, 5.74) is 2.85. The molecule has 20 heavy (non-hydrogen) atoms. The van der Waals surface area contributed by atoms with Gasteiger partial charge in [-0.05, 0) is 51.8 Å². The van der Waals surface area contributed by atoms with Crippen LogP contribution < -0.4 is 9.46 Å². The highest BCUT2D eigenvalue weighted by Crippen LogP contribution is 2.41. The van der Waals surface area contributed by atoms with Crippen LogP contribution in [0.25, 0.3) is 0 Å². The van der Waals surface area contributed by atoms with Gasteiger partial charge in [0.25, 0.3) is 0 Å². The zero-order valence-corrected chi connectivity index (χ0v) is 13.6. The summed E-state index contributed by atoms with van der Waals surface area (Å²) in [6.45, 7) is 9.68. The summed E-state index contributed by atoms with van der Waals surface area (Å²) in [5, 5.41) is 0. The van der Waals surface area contributed by atoms with Crippen LogP contribution >= 0.6 is 0 Å². The summed E-state index contributed by atoms with van der Waals surface area (Å²) >= 11 is 0. The average molecular weight is 297 g/mol. The molecule has 1 aliphatic heterocycles. The van der Waals surface area contributed by atoms with E-state index in [1.54, 1.807) is 6.92 Å². The van der Waals surface area contributed by atoms with Crippen LogP contribution in [0.4, 0.5) is 0 Å². The molecule has 4 nitrogen and oxygen atoms in total. The lowest BCUT2D eigenvalue weighted by molar-refractivity contribution is 0.0701. The van der Waals surface area contributed by atoms with Crippen LogP contribution in [-0.4, -0.2) is 19.8 Å². The van der Waals surface area contributed by atoms with E-state index in [9.17, 15) is 8.42 Å². The minimum atomic E-state index is -3.24. The fraction of sp³-hybridized carbons (Fsp3) is 0.600. The third kappa shape index (κ3) is 3.15. The van der Waals surface area contributed by atoms with Crippen LogP contribution in [0.2, 0.25) is 0 Å². The molecule has 0 fully saturated rings. The Morgan fingerprint density at radius 1 is 1.30 bits per heavy atom. The van der Waals surface area contributed by atoms with Gasteiger partial charge < -0.3 is 4.74 Å². The van der Waals surface area contributed by atoms with E-state index in [0.717, 1.165) is 22.4 Å². The third-order valence-electron chi connectivity index (χ3n) is 3.79. The van der Waals surface area contributed by atoms with Crippen molar-refractivity contribution in [2.45, 2.75) is 52.7 Å². The molecule has 112 valence electrons. The summed E-state index contributed by atoms with van der Waals surface area (Å²) in [6.07, 6.45) is 0.627. The first-order valence-electron chi connectivity index (χ1n) is 6.94. The van der Waals surface area contributed by atoms with Crippen molar-refractivity contribution in [3.63, 3.8) is 0 Å². The number of hydrogen-bond donors (Lipinski definition) is 1. The second kappa shape index (κ2) is 5.04. The Morgan fingerprint density at radius 3 is 2.50 bits per heavy atom. The minimum Gasteiger partial charge on any atom is -0.487 e. The second-order valence-electron chi connectivity index (χ2n) is 6.11. The van der Waals surface area contributed by atoms with Gasteiger partial charge in [-0.15, -0.1) is 0 Å². The summed E-state index contributed by atoms with van der Waals surface area (Å²) in [7, 11) is -3.24. The fourth-order valence-electron chi connectivity index (χ4n) is 2.52. The Morgan fingerprint density at radius 2 is 1.90 bits per heavy atom. The molecule has 1 atom stereocenters. The van der Waals surface area contributed by atoms with E-state index in [1.165, 1.54) is 0 Å². The monoisotopic (exact) mass is 297 g/mol. The molecule has 5 heteroatoms. The molecule has 1 aromatic carbocycles. The molecule has 0 spiro atoms. The highest BCUT2D eigenvalue weighted by Gasteiger charge is 2.35. The molecule has 1 aromatic rings. The maximum absolute atomic E-state index is 11.9. The van der Waals surface area contributed by atoms with Crippen LogP contribution in [0, 0.1) is 13.8 Å². The molecule has 0 amide bonds. The lowest BCUT2D eigenvalue weighted by Gasteiger charge is -2.38. The van der Waals surface area contributed by atoms with Gasteiger partial charge in [-0.2, -0.15) is 0 Å². The summed E-state index contributed by atoms with van der Waals surface area (Å²) in [4.78, 5) is 0. The lowest BCUT2D eigenvalue weighted by Crippen LogP contribution is -2.41. The first-order chi connectivity index (χ1) is 9.13. The lowest BCUT2D eigenvalue weighted by atomic mass is 9.88. The molecule has 0 saturated carbocycles. The molecule has 0 radical (unpaired) electrons. The Labute approximate surface area is 121 Å². The molecule has 0 saturated heterocycles. The van der Waals surface area contributed by atoms with Crippen LogP contribution in [0.15, 0.2) is 12.1 Å². The quantitative estimate of drug-likeness (QED) is 0.933. The summed E-state index contributed by atoms with van der Waals surface area (Å²) < 4.78 is 32.6. The van der Waals surface area contributed by atoms with Crippen LogP contribution in [0.3, 0.4) is 0 Å². The van der Waals surface area contributed by atoms with E-state index in [2.05, 4.69) is 4.72 Å². The van der Waals surface area contributed by atoms with E-state index in [0.29, 0.717) is 6.42 Å². The predicted octanol–water partition coefficient (Wildman–Crippen LogP) is 2.84. The molecular weight excluding hydrogens is 274 g/mol. The number of fused-ring (bicyclic) bond motifs is 1. The van der Waals surface area contributed by atoms with Gasteiger partial charge >= 0.3 is 0 Å². The standard InChI is InChI=1S/C15H23NO3S/c1-6-20(17,18)16-13-9-15(4,5)19-14-8-11(3)10(2)7-12(13)14/h7-8,13,16H,6,9H2,1-5H3. The maximum atomic E-state index is 11.9. The van der Waals surface area contributed by atoms with Gasteiger partial charge in [-0.3, -0.25) is 0 Å². The van der Waals surface area contributed by atoms with Gasteiger partial charge in [0.05, 0.1) is 11.8 Å². The highest BCUT2D eigenvalue weighted by molar-refractivity contribution is 7.89. The topological polar surface area (TPSA) is 55.4 Å². The van der Waals surface area contributed by atoms with Crippen molar-refractivity contribution in [3.8, 4) is 5.75 Å². The largest absolute Gasteiger partial charge is 0.487 e. The van der Waals surface area contributed by atoms with E-state index < -0.39 is 10.0 Å². The zero-order chi connectivity index (χ0) is 15.1. The molecule has 0 aromatic heterocycles.